The zero-order valence-electron chi connectivity index (χ0n) is 17.0. The highest BCUT2D eigenvalue weighted by Crippen LogP contribution is 2.33. The minimum atomic E-state index is -3.96. The normalized spacial score (nSPS) is 16.6. The topological polar surface area (TPSA) is 66.5 Å². The molecule has 1 amide bonds. The van der Waals surface area contributed by atoms with Crippen molar-refractivity contribution in [2.24, 2.45) is 5.41 Å². The highest BCUT2D eigenvalue weighted by molar-refractivity contribution is 7.89. The average Bonchev–Trinajstić information content (AvgIpc) is 3.21. The lowest BCUT2D eigenvalue weighted by Gasteiger charge is -2.32. The van der Waals surface area contributed by atoms with Crippen molar-refractivity contribution in [3.63, 3.8) is 0 Å². The van der Waals surface area contributed by atoms with Gasteiger partial charge in [-0.1, -0.05) is 51.1 Å². The molecule has 1 heterocycles. The van der Waals surface area contributed by atoms with Gasteiger partial charge in [0, 0.05) is 18.7 Å². The summed E-state index contributed by atoms with van der Waals surface area (Å²) in [5, 5.41) is 2.99. The summed E-state index contributed by atoms with van der Waals surface area (Å²) < 4.78 is 41.2. The number of hydrogen-bond donors (Lipinski definition) is 1. The fourth-order valence-corrected chi connectivity index (χ4v) is 5.18. The quantitative estimate of drug-likeness (QED) is 0.794. The summed E-state index contributed by atoms with van der Waals surface area (Å²) in [6, 6.07) is 12.8. The molecule has 156 valence electrons. The Balaban J connectivity index is 1.91. The third-order valence-corrected chi connectivity index (χ3v) is 7.06. The Morgan fingerprint density at radius 3 is 2.28 bits per heavy atom. The highest BCUT2D eigenvalue weighted by Gasteiger charge is 2.32. The Hall–Kier alpha value is -2.25. The van der Waals surface area contributed by atoms with E-state index in [2.05, 4.69) is 5.32 Å². The van der Waals surface area contributed by atoms with E-state index >= 15 is 0 Å². The molecular weight excluding hydrogens is 391 g/mol. The maximum Gasteiger partial charge on any atom is 0.251 e. The fraction of sp³-hybridized carbons (Fsp3) is 0.409. The summed E-state index contributed by atoms with van der Waals surface area (Å²) in [6.45, 7) is 6.78. The lowest BCUT2D eigenvalue weighted by atomic mass is 9.82. The smallest absolute Gasteiger partial charge is 0.251 e. The number of sulfonamides is 1. The van der Waals surface area contributed by atoms with E-state index in [-0.39, 0.29) is 17.0 Å². The van der Waals surface area contributed by atoms with Crippen molar-refractivity contribution in [3.05, 3.63) is 65.5 Å². The first-order valence-corrected chi connectivity index (χ1v) is 11.2. The number of benzene rings is 2. The third-order valence-electron chi connectivity index (χ3n) is 5.15. The lowest BCUT2D eigenvalue weighted by molar-refractivity contribution is 0.0901. The monoisotopic (exact) mass is 418 g/mol. The molecule has 1 atom stereocenters. The number of halogens is 1. The van der Waals surface area contributed by atoms with Gasteiger partial charge in [0.05, 0.1) is 6.04 Å². The Bertz CT molecular complexity index is 979. The van der Waals surface area contributed by atoms with Crippen LogP contribution in [-0.4, -0.2) is 31.7 Å². The summed E-state index contributed by atoms with van der Waals surface area (Å²) >= 11 is 0. The van der Waals surface area contributed by atoms with Crippen LogP contribution in [0.25, 0.3) is 0 Å². The molecule has 2 aromatic carbocycles. The van der Waals surface area contributed by atoms with Gasteiger partial charge in [-0.15, -0.1) is 0 Å². The van der Waals surface area contributed by atoms with Crippen molar-refractivity contribution in [1.82, 2.24) is 9.62 Å². The molecule has 5 nitrogen and oxygen atoms in total. The van der Waals surface area contributed by atoms with Crippen molar-refractivity contribution in [3.8, 4) is 0 Å². The first-order valence-electron chi connectivity index (χ1n) is 9.76. The molecule has 7 heteroatoms. The van der Waals surface area contributed by atoms with E-state index < -0.39 is 26.6 Å². The number of carbonyl (C=O) groups is 1. The summed E-state index contributed by atoms with van der Waals surface area (Å²) in [7, 11) is -3.96. The molecule has 0 spiro atoms. The molecular formula is C22H27FN2O3S. The number of nitrogens with one attached hydrogen (secondary N) is 1. The van der Waals surface area contributed by atoms with Crippen molar-refractivity contribution < 1.29 is 17.6 Å². The van der Waals surface area contributed by atoms with Gasteiger partial charge in [-0.3, -0.25) is 4.79 Å². The number of amides is 1. The standard InChI is InChI=1S/C22H27FN2O3S/c1-22(2,3)20(16-9-5-4-6-10-16)24-21(26)17-11-12-18(23)19(15-17)29(27,28)25-13-7-8-14-25/h4-6,9-12,15,20H,7-8,13-14H2,1-3H3,(H,24,26). The summed E-state index contributed by atoms with van der Waals surface area (Å²) in [4.78, 5) is 12.5. The minimum absolute atomic E-state index is 0.120. The van der Waals surface area contributed by atoms with Gasteiger partial charge in [0.2, 0.25) is 10.0 Å². The number of carbonyl (C=O) groups excluding carboxylic acids is 1. The minimum Gasteiger partial charge on any atom is -0.345 e. The van der Waals surface area contributed by atoms with Gasteiger partial charge in [0.1, 0.15) is 10.7 Å². The van der Waals surface area contributed by atoms with Crippen LogP contribution >= 0.6 is 0 Å². The van der Waals surface area contributed by atoms with Crippen LogP contribution in [0.3, 0.4) is 0 Å². The Labute approximate surface area is 172 Å². The van der Waals surface area contributed by atoms with Gasteiger partial charge in [0.25, 0.3) is 5.91 Å². The van der Waals surface area contributed by atoms with Crippen LogP contribution in [0, 0.1) is 11.2 Å². The SMILES string of the molecule is CC(C)(C)C(NC(=O)c1ccc(F)c(S(=O)(=O)N2CCCC2)c1)c1ccccc1. The molecule has 1 aliphatic heterocycles. The molecule has 1 saturated heterocycles. The third kappa shape index (κ3) is 4.67. The molecule has 0 aliphatic carbocycles. The van der Waals surface area contributed by atoms with E-state index in [0.717, 1.165) is 30.5 Å². The molecule has 1 aliphatic rings. The molecule has 3 rings (SSSR count). The highest BCUT2D eigenvalue weighted by atomic mass is 32.2. The van der Waals surface area contributed by atoms with Gasteiger partial charge >= 0.3 is 0 Å². The number of rotatable bonds is 5. The summed E-state index contributed by atoms with van der Waals surface area (Å²) in [6.07, 6.45) is 1.51. The van der Waals surface area contributed by atoms with Crippen LogP contribution in [-0.2, 0) is 10.0 Å². The molecule has 0 aromatic heterocycles. The predicted molar refractivity (Wildman–Crippen MR) is 110 cm³/mol. The van der Waals surface area contributed by atoms with E-state index in [1.807, 2.05) is 51.1 Å². The van der Waals surface area contributed by atoms with Gasteiger partial charge in [-0.2, -0.15) is 4.31 Å². The Kier molecular flexibility index (Phi) is 6.10. The summed E-state index contributed by atoms with van der Waals surface area (Å²) in [5.41, 5.74) is 0.788. The first kappa shape index (κ1) is 21.5. The van der Waals surface area contributed by atoms with Crippen molar-refractivity contribution >= 4 is 15.9 Å². The van der Waals surface area contributed by atoms with E-state index in [4.69, 9.17) is 0 Å². The van der Waals surface area contributed by atoms with Crippen LogP contribution < -0.4 is 5.32 Å². The van der Waals surface area contributed by atoms with Crippen LogP contribution in [0.4, 0.5) is 4.39 Å². The van der Waals surface area contributed by atoms with Crippen LogP contribution in [0.1, 0.15) is 55.6 Å². The lowest BCUT2D eigenvalue weighted by Crippen LogP contribution is -2.36. The van der Waals surface area contributed by atoms with E-state index in [0.29, 0.717) is 13.1 Å². The second kappa shape index (κ2) is 8.24. The van der Waals surface area contributed by atoms with E-state index in [1.165, 1.54) is 10.4 Å². The molecule has 1 N–H and O–H groups in total. The van der Waals surface area contributed by atoms with Gasteiger partial charge in [-0.25, -0.2) is 12.8 Å². The molecule has 0 bridgehead atoms. The van der Waals surface area contributed by atoms with Crippen LogP contribution in [0.15, 0.2) is 53.4 Å². The van der Waals surface area contributed by atoms with Crippen molar-refractivity contribution in [2.45, 2.75) is 44.6 Å². The second-order valence-corrected chi connectivity index (χ2v) is 10.3. The van der Waals surface area contributed by atoms with Gasteiger partial charge in [-0.05, 0) is 42.0 Å². The van der Waals surface area contributed by atoms with E-state index in [1.54, 1.807) is 0 Å². The maximum absolute atomic E-state index is 14.4. The largest absolute Gasteiger partial charge is 0.345 e. The number of hydrogen-bond acceptors (Lipinski definition) is 3. The Morgan fingerprint density at radius 2 is 1.69 bits per heavy atom. The van der Waals surface area contributed by atoms with Crippen LogP contribution in [0.2, 0.25) is 0 Å². The second-order valence-electron chi connectivity index (χ2n) is 8.44. The first-order chi connectivity index (χ1) is 13.6. The molecule has 29 heavy (non-hydrogen) atoms. The molecule has 2 aromatic rings. The molecule has 1 fully saturated rings. The number of nitrogens with zero attached hydrogens (tertiary/aromatic N) is 1. The van der Waals surface area contributed by atoms with Crippen LogP contribution in [0.5, 0.6) is 0 Å². The average molecular weight is 419 g/mol. The predicted octanol–water partition coefficient (Wildman–Crippen LogP) is 4.13. The van der Waals surface area contributed by atoms with Gasteiger partial charge < -0.3 is 5.32 Å². The summed E-state index contributed by atoms with van der Waals surface area (Å²) in [5.74, 6) is -1.28. The van der Waals surface area contributed by atoms with Crippen molar-refractivity contribution in [1.29, 1.82) is 0 Å². The molecule has 0 radical (unpaired) electrons. The molecule has 0 saturated carbocycles. The van der Waals surface area contributed by atoms with Crippen molar-refractivity contribution in [2.75, 3.05) is 13.1 Å². The zero-order chi connectivity index (χ0) is 21.2. The molecule has 1 unspecified atom stereocenters. The van der Waals surface area contributed by atoms with Gasteiger partial charge in [0.15, 0.2) is 0 Å². The zero-order valence-corrected chi connectivity index (χ0v) is 17.8. The fourth-order valence-electron chi connectivity index (χ4n) is 3.57. The maximum atomic E-state index is 14.4. The van der Waals surface area contributed by atoms with E-state index in [9.17, 15) is 17.6 Å². The Morgan fingerprint density at radius 1 is 1.07 bits per heavy atom.